The first kappa shape index (κ1) is 21.7. The van der Waals surface area contributed by atoms with Gasteiger partial charge >= 0.3 is 5.97 Å². The number of fused-ring (bicyclic) bond motifs is 1. The Balaban J connectivity index is 1.60. The van der Waals surface area contributed by atoms with Crippen molar-refractivity contribution in [2.75, 3.05) is 37.7 Å². The van der Waals surface area contributed by atoms with Crippen LogP contribution in [0.1, 0.15) is 44.5 Å². The van der Waals surface area contributed by atoms with Crippen LogP contribution in [0.5, 0.6) is 0 Å². The SMILES string of the molecule is CCOC(=O)c1nc2cc(C)c(C)cc2nc1N1CCN(C(=O)c2ccc(C)cc2)CC1. The molecule has 7 nitrogen and oxygen atoms in total. The number of aromatic nitrogens is 2. The van der Waals surface area contributed by atoms with Crippen LogP contribution in [-0.4, -0.2) is 59.5 Å². The molecule has 0 saturated carbocycles. The highest BCUT2D eigenvalue weighted by Gasteiger charge is 2.27. The van der Waals surface area contributed by atoms with Gasteiger partial charge < -0.3 is 14.5 Å². The van der Waals surface area contributed by atoms with Crippen LogP contribution in [0.15, 0.2) is 36.4 Å². The molecule has 3 aromatic rings. The predicted octanol–water partition coefficient (Wildman–Crippen LogP) is 3.69. The summed E-state index contributed by atoms with van der Waals surface area (Å²) in [5.41, 5.74) is 5.67. The van der Waals surface area contributed by atoms with Gasteiger partial charge in [-0.3, -0.25) is 4.79 Å². The van der Waals surface area contributed by atoms with Crippen LogP contribution in [0.4, 0.5) is 5.82 Å². The highest BCUT2D eigenvalue weighted by atomic mass is 16.5. The molecule has 0 bridgehead atoms. The molecule has 0 atom stereocenters. The fraction of sp³-hybridized carbons (Fsp3) is 0.360. The lowest BCUT2D eigenvalue weighted by Gasteiger charge is -2.36. The molecule has 166 valence electrons. The van der Waals surface area contributed by atoms with Crippen molar-refractivity contribution in [2.24, 2.45) is 0 Å². The van der Waals surface area contributed by atoms with Gasteiger partial charge in [0.05, 0.1) is 17.6 Å². The van der Waals surface area contributed by atoms with E-state index < -0.39 is 5.97 Å². The largest absolute Gasteiger partial charge is 0.461 e. The van der Waals surface area contributed by atoms with Gasteiger partial charge in [0.15, 0.2) is 11.5 Å². The van der Waals surface area contributed by atoms with E-state index >= 15 is 0 Å². The van der Waals surface area contributed by atoms with Crippen molar-refractivity contribution >= 4 is 28.7 Å². The normalized spacial score (nSPS) is 14.0. The van der Waals surface area contributed by atoms with Crippen LogP contribution in [0.3, 0.4) is 0 Å². The Labute approximate surface area is 188 Å². The van der Waals surface area contributed by atoms with Gasteiger partial charge in [0.2, 0.25) is 0 Å². The van der Waals surface area contributed by atoms with Crippen LogP contribution in [-0.2, 0) is 4.74 Å². The maximum atomic E-state index is 12.9. The number of carbonyl (C=O) groups excluding carboxylic acids is 2. The number of nitrogens with zero attached hydrogens (tertiary/aromatic N) is 4. The van der Waals surface area contributed by atoms with E-state index in [-0.39, 0.29) is 18.2 Å². The number of amides is 1. The van der Waals surface area contributed by atoms with Gasteiger partial charge in [0, 0.05) is 31.7 Å². The second kappa shape index (κ2) is 8.94. The third-order valence-electron chi connectivity index (χ3n) is 5.90. The summed E-state index contributed by atoms with van der Waals surface area (Å²) < 4.78 is 5.26. The molecule has 0 unspecified atom stereocenters. The molecule has 0 radical (unpaired) electrons. The molecule has 0 aliphatic carbocycles. The Morgan fingerprint density at radius 3 is 2.09 bits per heavy atom. The molecule has 1 aliphatic heterocycles. The summed E-state index contributed by atoms with van der Waals surface area (Å²) in [5, 5.41) is 0. The van der Waals surface area contributed by atoms with Crippen molar-refractivity contribution in [2.45, 2.75) is 27.7 Å². The van der Waals surface area contributed by atoms with Crippen LogP contribution in [0.25, 0.3) is 11.0 Å². The number of anilines is 1. The van der Waals surface area contributed by atoms with Gasteiger partial charge in [-0.1, -0.05) is 17.7 Å². The molecule has 1 amide bonds. The number of carbonyl (C=O) groups is 2. The van der Waals surface area contributed by atoms with E-state index in [0.717, 1.165) is 22.2 Å². The summed E-state index contributed by atoms with van der Waals surface area (Å²) in [6.07, 6.45) is 0. The predicted molar refractivity (Wildman–Crippen MR) is 124 cm³/mol. The van der Waals surface area contributed by atoms with Gasteiger partial charge in [-0.15, -0.1) is 0 Å². The van der Waals surface area contributed by atoms with Crippen LogP contribution in [0.2, 0.25) is 0 Å². The van der Waals surface area contributed by atoms with Gasteiger partial charge in [-0.05, 0) is 63.1 Å². The van der Waals surface area contributed by atoms with Gasteiger partial charge in [-0.25, -0.2) is 14.8 Å². The highest BCUT2D eigenvalue weighted by Crippen LogP contribution is 2.25. The molecule has 2 aromatic carbocycles. The molecular weight excluding hydrogens is 404 g/mol. The maximum Gasteiger partial charge on any atom is 0.360 e. The number of esters is 1. The number of hydrogen-bond donors (Lipinski definition) is 0. The molecule has 0 spiro atoms. The second-order valence-electron chi connectivity index (χ2n) is 8.19. The fourth-order valence-electron chi connectivity index (χ4n) is 3.86. The van der Waals surface area contributed by atoms with Gasteiger partial charge in [0.25, 0.3) is 5.91 Å². The molecule has 4 rings (SSSR count). The van der Waals surface area contributed by atoms with Gasteiger partial charge in [-0.2, -0.15) is 0 Å². The quantitative estimate of drug-likeness (QED) is 0.585. The zero-order valence-corrected chi connectivity index (χ0v) is 19.0. The molecule has 7 heteroatoms. The van der Waals surface area contributed by atoms with Crippen molar-refractivity contribution in [1.82, 2.24) is 14.9 Å². The Morgan fingerprint density at radius 2 is 1.50 bits per heavy atom. The van der Waals surface area contributed by atoms with Crippen molar-refractivity contribution < 1.29 is 14.3 Å². The van der Waals surface area contributed by atoms with Crippen molar-refractivity contribution in [3.63, 3.8) is 0 Å². The highest BCUT2D eigenvalue weighted by molar-refractivity contribution is 5.96. The number of ether oxygens (including phenoxy) is 1. The first-order valence-electron chi connectivity index (χ1n) is 10.9. The van der Waals surface area contributed by atoms with E-state index in [0.29, 0.717) is 43.1 Å². The molecule has 2 heterocycles. The summed E-state index contributed by atoms with van der Waals surface area (Å²) >= 11 is 0. The Bertz CT molecular complexity index is 1170. The molecule has 32 heavy (non-hydrogen) atoms. The average Bonchev–Trinajstić information content (AvgIpc) is 2.79. The molecule has 1 saturated heterocycles. The zero-order chi connectivity index (χ0) is 22.8. The first-order chi connectivity index (χ1) is 15.4. The lowest BCUT2D eigenvalue weighted by molar-refractivity contribution is 0.0519. The molecule has 0 N–H and O–H groups in total. The molecule has 1 fully saturated rings. The van der Waals surface area contributed by atoms with Crippen LogP contribution < -0.4 is 4.90 Å². The summed E-state index contributed by atoms with van der Waals surface area (Å²) in [4.78, 5) is 38.8. The number of rotatable bonds is 4. The standard InChI is InChI=1S/C25H28N4O3/c1-5-32-25(31)22-23(27-21-15-18(4)17(3)14-20(21)26-22)28-10-12-29(13-11-28)24(30)19-8-6-16(2)7-9-19/h6-9,14-15H,5,10-13H2,1-4H3. The van der Waals surface area contributed by atoms with E-state index in [2.05, 4.69) is 4.98 Å². The van der Waals surface area contributed by atoms with E-state index in [1.54, 1.807) is 6.92 Å². The molecular formula is C25H28N4O3. The average molecular weight is 433 g/mol. The van der Waals surface area contributed by atoms with E-state index in [4.69, 9.17) is 9.72 Å². The smallest absolute Gasteiger partial charge is 0.360 e. The fourth-order valence-corrected chi connectivity index (χ4v) is 3.86. The van der Waals surface area contributed by atoms with Crippen molar-refractivity contribution in [3.8, 4) is 0 Å². The number of hydrogen-bond acceptors (Lipinski definition) is 6. The van der Waals surface area contributed by atoms with Crippen molar-refractivity contribution in [3.05, 3.63) is 64.3 Å². The van der Waals surface area contributed by atoms with E-state index in [1.807, 2.05) is 67.0 Å². The van der Waals surface area contributed by atoms with E-state index in [9.17, 15) is 9.59 Å². The lowest BCUT2D eigenvalue weighted by atomic mass is 10.1. The number of benzene rings is 2. The summed E-state index contributed by atoms with van der Waals surface area (Å²) in [7, 11) is 0. The second-order valence-corrected chi connectivity index (χ2v) is 8.19. The Kier molecular flexibility index (Phi) is 6.08. The topological polar surface area (TPSA) is 75.6 Å². The maximum absolute atomic E-state index is 12.9. The minimum absolute atomic E-state index is 0.0194. The Morgan fingerprint density at radius 1 is 0.906 bits per heavy atom. The van der Waals surface area contributed by atoms with Crippen molar-refractivity contribution in [1.29, 1.82) is 0 Å². The van der Waals surface area contributed by atoms with E-state index in [1.165, 1.54) is 0 Å². The summed E-state index contributed by atoms with van der Waals surface area (Å²) in [5.74, 6) is 0.0564. The third kappa shape index (κ3) is 4.28. The minimum atomic E-state index is -0.478. The summed E-state index contributed by atoms with van der Waals surface area (Å²) in [6, 6.07) is 11.6. The lowest BCUT2D eigenvalue weighted by Crippen LogP contribution is -2.49. The molecule has 1 aliphatic rings. The first-order valence-corrected chi connectivity index (χ1v) is 10.9. The third-order valence-corrected chi connectivity index (χ3v) is 5.90. The summed E-state index contributed by atoms with van der Waals surface area (Å²) in [6.45, 7) is 10.3. The number of aryl methyl sites for hydroxylation is 3. The molecule has 1 aromatic heterocycles. The van der Waals surface area contributed by atoms with Crippen LogP contribution >= 0.6 is 0 Å². The Hall–Kier alpha value is -3.48. The van der Waals surface area contributed by atoms with Crippen LogP contribution in [0, 0.1) is 20.8 Å². The number of piperazine rings is 1. The zero-order valence-electron chi connectivity index (χ0n) is 19.0. The van der Waals surface area contributed by atoms with Gasteiger partial charge in [0.1, 0.15) is 0 Å². The monoisotopic (exact) mass is 432 g/mol. The minimum Gasteiger partial charge on any atom is -0.461 e.